The topological polar surface area (TPSA) is 106 Å². The molecule has 0 spiro atoms. The third kappa shape index (κ3) is 3.73. The lowest BCUT2D eigenvalue weighted by atomic mass is 10.1. The predicted octanol–water partition coefficient (Wildman–Crippen LogP) is 1.40. The maximum absolute atomic E-state index is 12.3. The predicted molar refractivity (Wildman–Crippen MR) is 93.4 cm³/mol. The second-order valence-corrected chi connectivity index (χ2v) is 7.02. The number of aromatic nitrogens is 5. The summed E-state index contributed by atoms with van der Waals surface area (Å²) in [6, 6.07) is 7.94. The lowest BCUT2D eigenvalue weighted by Gasteiger charge is -2.19. The van der Waals surface area contributed by atoms with E-state index in [9.17, 15) is 9.59 Å². The van der Waals surface area contributed by atoms with Crippen molar-refractivity contribution in [3.63, 3.8) is 0 Å². The maximum atomic E-state index is 12.3. The zero-order valence-corrected chi connectivity index (χ0v) is 14.6. The fourth-order valence-corrected chi connectivity index (χ4v) is 2.35. The molecule has 0 saturated heterocycles. The van der Waals surface area contributed by atoms with Crippen molar-refractivity contribution in [1.29, 1.82) is 0 Å². The van der Waals surface area contributed by atoms with Crippen LogP contribution in [0.2, 0.25) is 0 Å². The van der Waals surface area contributed by atoms with Gasteiger partial charge in [-0.1, -0.05) is 35.0 Å². The second kappa shape index (κ2) is 6.12. The number of H-pyrrole nitrogens is 1. The zero-order valence-electron chi connectivity index (χ0n) is 14.6. The van der Waals surface area contributed by atoms with Crippen LogP contribution < -0.4 is 10.9 Å². The number of nitrogens with zero attached hydrogens (tertiary/aromatic N) is 4. The van der Waals surface area contributed by atoms with E-state index in [-0.39, 0.29) is 17.0 Å². The van der Waals surface area contributed by atoms with Gasteiger partial charge in [0, 0.05) is 5.54 Å². The van der Waals surface area contributed by atoms with Gasteiger partial charge in [-0.25, -0.2) is 9.67 Å². The number of hydrogen-bond acceptors (Lipinski definition) is 5. The molecule has 2 N–H and O–H groups in total. The summed E-state index contributed by atoms with van der Waals surface area (Å²) < 4.78 is 1.52. The lowest BCUT2D eigenvalue weighted by molar-refractivity contribution is 0.0909. The first-order chi connectivity index (χ1) is 11.7. The Labute approximate surface area is 144 Å². The summed E-state index contributed by atoms with van der Waals surface area (Å²) in [6.45, 7) is 7.98. The number of carbonyl (C=O) groups excluding carboxylic acids is 1. The van der Waals surface area contributed by atoms with Crippen LogP contribution in [0.1, 0.15) is 42.5 Å². The molecule has 8 heteroatoms. The summed E-state index contributed by atoms with van der Waals surface area (Å²) in [5.74, 6) is -0.505. The summed E-state index contributed by atoms with van der Waals surface area (Å²) in [5.41, 5.74) is 1.62. The van der Waals surface area contributed by atoms with Crippen LogP contribution in [0.5, 0.6) is 0 Å². The molecule has 2 heterocycles. The Balaban J connectivity index is 1.99. The number of aryl methyl sites for hydroxylation is 1. The van der Waals surface area contributed by atoms with Crippen molar-refractivity contribution in [2.75, 3.05) is 0 Å². The molecule has 1 amide bonds. The SMILES string of the molecule is Cc1ccc(Cn2nnc3c(=O)[nH]c(C(=O)NC(C)(C)C)nc32)cc1. The van der Waals surface area contributed by atoms with Crippen LogP contribution in [0.4, 0.5) is 0 Å². The summed E-state index contributed by atoms with van der Waals surface area (Å²) in [7, 11) is 0. The number of benzene rings is 1. The van der Waals surface area contributed by atoms with E-state index in [2.05, 4.69) is 25.6 Å². The van der Waals surface area contributed by atoms with Gasteiger partial charge in [0.25, 0.3) is 11.5 Å². The molecule has 2 aromatic heterocycles. The first-order valence-corrected chi connectivity index (χ1v) is 7.94. The van der Waals surface area contributed by atoms with E-state index in [1.54, 1.807) is 0 Å². The molecule has 0 radical (unpaired) electrons. The van der Waals surface area contributed by atoms with Crippen LogP contribution in [-0.4, -0.2) is 36.4 Å². The van der Waals surface area contributed by atoms with Crippen LogP contribution in [0.3, 0.4) is 0 Å². The molecular weight excluding hydrogens is 320 g/mol. The molecule has 8 nitrogen and oxygen atoms in total. The van der Waals surface area contributed by atoms with E-state index < -0.39 is 17.0 Å². The highest BCUT2D eigenvalue weighted by molar-refractivity contribution is 5.92. The van der Waals surface area contributed by atoms with Gasteiger partial charge in [-0.3, -0.25) is 9.59 Å². The van der Waals surface area contributed by atoms with Crippen molar-refractivity contribution in [2.45, 2.75) is 39.8 Å². The molecule has 0 bridgehead atoms. The van der Waals surface area contributed by atoms with Crippen molar-refractivity contribution in [2.24, 2.45) is 0 Å². The van der Waals surface area contributed by atoms with Gasteiger partial charge in [0.2, 0.25) is 5.82 Å². The Morgan fingerprint density at radius 2 is 1.92 bits per heavy atom. The van der Waals surface area contributed by atoms with Gasteiger partial charge >= 0.3 is 0 Å². The van der Waals surface area contributed by atoms with Crippen molar-refractivity contribution in [3.05, 3.63) is 51.6 Å². The van der Waals surface area contributed by atoms with E-state index in [0.717, 1.165) is 11.1 Å². The highest BCUT2D eigenvalue weighted by Crippen LogP contribution is 2.09. The molecule has 25 heavy (non-hydrogen) atoms. The summed E-state index contributed by atoms with van der Waals surface area (Å²) in [5, 5.41) is 10.7. The summed E-state index contributed by atoms with van der Waals surface area (Å²) >= 11 is 0. The highest BCUT2D eigenvalue weighted by atomic mass is 16.2. The third-order valence-electron chi connectivity index (χ3n) is 3.53. The van der Waals surface area contributed by atoms with Gasteiger partial charge in [-0.2, -0.15) is 0 Å². The van der Waals surface area contributed by atoms with E-state index in [4.69, 9.17) is 0 Å². The fraction of sp³-hybridized carbons (Fsp3) is 0.353. The van der Waals surface area contributed by atoms with Gasteiger partial charge in [0.1, 0.15) is 0 Å². The van der Waals surface area contributed by atoms with E-state index in [1.807, 2.05) is 52.0 Å². The number of nitrogens with one attached hydrogen (secondary N) is 2. The highest BCUT2D eigenvalue weighted by Gasteiger charge is 2.20. The molecule has 0 saturated carbocycles. The number of carbonyl (C=O) groups is 1. The lowest BCUT2D eigenvalue weighted by Crippen LogP contribution is -2.41. The molecule has 0 aliphatic heterocycles. The largest absolute Gasteiger partial charge is 0.345 e. The van der Waals surface area contributed by atoms with E-state index in [1.165, 1.54) is 4.68 Å². The summed E-state index contributed by atoms with van der Waals surface area (Å²) in [6.07, 6.45) is 0. The van der Waals surface area contributed by atoms with Gasteiger partial charge < -0.3 is 10.3 Å². The minimum absolute atomic E-state index is 0.0557. The molecule has 0 aliphatic rings. The van der Waals surface area contributed by atoms with Crippen LogP contribution >= 0.6 is 0 Å². The molecular formula is C17H20N6O2. The normalized spacial score (nSPS) is 11.7. The Kier molecular flexibility index (Phi) is 4.12. The zero-order chi connectivity index (χ0) is 18.2. The molecule has 130 valence electrons. The average Bonchev–Trinajstić information content (AvgIpc) is 2.91. The molecule has 0 aliphatic carbocycles. The standard InChI is InChI=1S/C17H20N6O2/c1-10-5-7-11(8-6-10)9-23-14-12(21-22-23)15(24)19-13(18-14)16(25)20-17(2,3)4/h5-8H,9H2,1-4H3,(H,20,25)(H,18,19,24). The summed E-state index contributed by atoms with van der Waals surface area (Å²) in [4.78, 5) is 31.2. The van der Waals surface area contributed by atoms with Crippen LogP contribution in [0.25, 0.3) is 11.2 Å². The van der Waals surface area contributed by atoms with Crippen molar-refractivity contribution in [1.82, 2.24) is 30.3 Å². The minimum Gasteiger partial charge on any atom is -0.345 e. The first kappa shape index (κ1) is 16.8. The van der Waals surface area contributed by atoms with Crippen molar-refractivity contribution < 1.29 is 4.79 Å². The minimum atomic E-state index is -0.487. The van der Waals surface area contributed by atoms with Gasteiger partial charge in [0.05, 0.1) is 6.54 Å². The number of rotatable bonds is 3. The van der Waals surface area contributed by atoms with Crippen molar-refractivity contribution in [3.8, 4) is 0 Å². The molecule has 0 unspecified atom stereocenters. The Bertz CT molecular complexity index is 979. The molecule has 0 fully saturated rings. The number of fused-ring (bicyclic) bond motifs is 1. The quantitative estimate of drug-likeness (QED) is 0.750. The molecule has 3 rings (SSSR count). The van der Waals surface area contributed by atoms with Crippen molar-refractivity contribution >= 4 is 17.1 Å². The maximum Gasteiger partial charge on any atom is 0.287 e. The molecule has 0 atom stereocenters. The van der Waals surface area contributed by atoms with E-state index >= 15 is 0 Å². The van der Waals surface area contributed by atoms with Crippen LogP contribution in [-0.2, 0) is 6.54 Å². The van der Waals surface area contributed by atoms with Gasteiger partial charge in [-0.05, 0) is 33.3 Å². The number of aromatic amines is 1. The smallest absolute Gasteiger partial charge is 0.287 e. The molecule has 3 aromatic rings. The van der Waals surface area contributed by atoms with E-state index in [0.29, 0.717) is 6.54 Å². The van der Waals surface area contributed by atoms with Gasteiger partial charge in [0.15, 0.2) is 11.2 Å². The Morgan fingerprint density at radius 3 is 2.56 bits per heavy atom. The Morgan fingerprint density at radius 1 is 1.24 bits per heavy atom. The molecule has 1 aromatic carbocycles. The number of amides is 1. The van der Waals surface area contributed by atoms with Crippen LogP contribution in [0.15, 0.2) is 29.1 Å². The first-order valence-electron chi connectivity index (χ1n) is 7.94. The second-order valence-electron chi connectivity index (χ2n) is 7.02. The van der Waals surface area contributed by atoms with Crippen LogP contribution in [0, 0.1) is 6.92 Å². The third-order valence-corrected chi connectivity index (χ3v) is 3.53. The van der Waals surface area contributed by atoms with Gasteiger partial charge in [-0.15, -0.1) is 5.10 Å². The monoisotopic (exact) mass is 340 g/mol. The average molecular weight is 340 g/mol. The number of hydrogen-bond donors (Lipinski definition) is 2. The fourth-order valence-electron chi connectivity index (χ4n) is 2.35. The Hall–Kier alpha value is -3.03.